The standard InChI is InChI=1S/C65H47N3S2/c1-7-23-50(24-8-1)69(51-25-9-2-10-26-51,52-27-11-3-12-28-52)56-39-41-64-60(44-56)58-35-19-21-37-62(58)67(64)48-43-49(47-66-46-48)68-63-38-22-20-36-59(63)61-45-57(40-42-65(61)68)70(53-29-13-4-14-30-53,54-31-15-5-16-32-54)55-33-17-6-18-34-55/h1-47H. The Morgan fingerprint density at radius 1 is 0.229 bits per heavy atom. The average Bonchev–Trinajstić information content (AvgIpc) is 3.96. The average molecular weight is 934 g/mol. The molecular formula is C65H47N3S2. The lowest BCUT2D eigenvalue weighted by Crippen LogP contribution is -2.05. The van der Waals surface area contributed by atoms with Crippen LogP contribution in [-0.4, -0.2) is 14.1 Å². The zero-order valence-electron chi connectivity index (χ0n) is 38.3. The number of rotatable bonds is 10. The third kappa shape index (κ3) is 6.50. The Labute approximate surface area is 411 Å². The van der Waals surface area contributed by atoms with Crippen molar-refractivity contribution in [2.45, 2.75) is 39.2 Å². The molecule has 0 spiro atoms. The van der Waals surface area contributed by atoms with Crippen molar-refractivity contribution < 1.29 is 0 Å². The second-order valence-electron chi connectivity index (χ2n) is 17.6. The quantitative estimate of drug-likeness (QED) is 0.134. The molecule has 0 unspecified atom stereocenters. The lowest BCUT2D eigenvalue weighted by Gasteiger charge is -2.42. The van der Waals surface area contributed by atoms with Gasteiger partial charge in [0.05, 0.1) is 45.8 Å². The Bertz CT molecular complexity index is 3530. The normalized spacial score (nSPS) is 12.5. The highest BCUT2D eigenvalue weighted by Gasteiger charge is 2.35. The monoisotopic (exact) mass is 933 g/mol. The van der Waals surface area contributed by atoms with Crippen molar-refractivity contribution in [1.82, 2.24) is 14.1 Å². The topological polar surface area (TPSA) is 22.8 Å². The Morgan fingerprint density at radius 3 is 0.814 bits per heavy atom. The van der Waals surface area contributed by atoms with E-state index in [9.17, 15) is 0 Å². The second kappa shape index (κ2) is 17.3. The lowest BCUT2D eigenvalue weighted by molar-refractivity contribution is 1.09. The number of hydrogen-bond donors (Lipinski definition) is 0. The summed E-state index contributed by atoms with van der Waals surface area (Å²) in [6, 6.07) is 101. The molecule has 5 heteroatoms. The van der Waals surface area contributed by atoms with Crippen LogP contribution in [0.15, 0.2) is 325 Å². The minimum Gasteiger partial charge on any atom is -0.308 e. The summed E-state index contributed by atoms with van der Waals surface area (Å²) < 4.78 is 4.80. The van der Waals surface area contributed by atoms with Crippen LogP contribution in [0, 0.1) is 0 Å². The van der Waals surface area contributed by atoms with E-state index in [1.165, 1.54) is 60.7 Å². The highest BCUT2D eigenvalue weighted by molar-refractivity contribution is 8.34. The molecule has 0 saturated heterocycles. The molecule has 0 N–H and O–H groups in total. The van der Waals surface area contributed by atoms with Crippen LogP contribution in [0.5, 0.6) is 0 Å². The van der Waals surface area contributed by atoms with Crippen molar-refractivity contribution in [2.24, 2.45) is 0 Å². The summed E-state index contributed by atoms with van der Waals surface area (Å²) in [5.41, 5.74) is 6.57. The van der Waals surface area contributed by atoms with Crippen molar-refractivity contribution in [2.75, 3.05) is 0 Å². The summed E-state index contributed by atoms with van der Waals surface area (Å²) >= 11 is 0. The highest BCUT2D eigenvalue weighted by atomic mass is 32.3. The maximum absolute atomic E-state index is 5.04. The maximum Gasteiger partial charge on any atom is 0.0666 e. The summed E-state index contributed by atoms with van der Waals surface area (Å²) in [5, 5.41) is 4.84. The zero-order chi connectivity index (χ0) is 46.5. The first-order chi connectivity index (χ1) is 34.7. The minimum absolute atomic E-state index is 1.01. The zero-order valence-corrected chi connectivity index (χ0v) is 39.9. The molecule has 0 saturated carbocycles. The van der Waals surface area contributed by atoms with Crippen LogP contribution in [0.1, 0.15) is 0 Å². The van der Waals surface area contributed by atoms with Gasteiger partial charge >= 0.3 is 0 Å². The molecule has 10 aromatic carbocycles. The molecule has 13 rings (SSSR count). The van der Waals surface area contributed by atoms with Crippen LogP contribution in [0.4, 0.5) is 0 Å². The van der Waals surface area contributed by atoms with Gasteiger partial charge in [-0.1, -0.05) is 146 Å². The van der Waals surface area contributed by atoms with Crippen LogP contribution >= 0.6 is 20.1 Å². The van der Waals surface area contributed by atoms with Gasteiger partial charge in [-0.3, -0.25) is 4.98 Å². The molecule has 3 aromatic heterocycles. The van der Waals surface area contributed by atoms with E-state index in [0.717, 1.165) is 33.4 Å². The van der Waals surface area contributed by atoms with Crippen LogP contribution in [0.3, 0.4) is 0 Å². The predicted molar refractivity (Wildman–Crippen MR) is 293 cm³/mol. The number of benzene rings is 10. The van der Waals surface area contributed by atoms with Crippen molar-refractivity contribution in [1.29, 1.82) is 0 Å². The molecule has 13 aromatic rings. The Morgan fingerprint density at radius 2 is 0.500 bits per heavy atom. The van der Waals surface area contributed by atoms with Crippen LogP contribution in [-0.2, 0) is 0 Å². The van der Waals surface area contributed by atoms with Crippen LogP contribution in [0.25, 0.3) is 55.0 Å². The third-order valence-electron chi connectivity index (χ3n) is 13.8. The van der Waals surface area contributed by atoms with Crippen molar-refractivity contribution >= 4 is 63.7 Å². The minimum atomic E-state index is -1.89. The van der Waals surface area contributed by atoms with Gasteiger partial charge in [0.25, 0.3) is 0 Å². The molecule has 0 aliphatic carbocycles. The molecule has 0 amide bonds. The van der Waals surface area contributed by atoms with E-state index in [-0.39, 0.29) is 0 Å². The first kappa shape index (κ1) is 41.8. The van der Waals surface area contributed by atoms with Gasteiger partial charge in [0.2, 0.25) is 0 Å². The van der Waals surface area contributed by atoms with Gasteiger partial charge in [0.1, 0.15) is 0 Å². The van der Waals surface area contributed by atoms with Crippen molar-refractivity contribution in [3.05, 3.63) is 285 Å². The fraction of sp³-hybridized carbons (Fsp3) is 0. The molecule has 3 nitrogen and oxygen atoms in total. The summed E-state index contributed by atoms with van der Waals surface area (Å²) in [6.45, 7) is 0. The lowest BCUT2D eigenvalue weighted by atomic mass is 10.1. The van der Waals surface area contributed by atoms with E-state index >= 15 is 0 Å². The summed E-state index contributed by atoms with van der Waals surface area (Å²) in [6.07, 6.45) is 4.03. The largest absolute Gasteiger partial charge is 0.308 e. The maximum atomic E-state index is 5.04. The van der Waals surface area contributed by atoms with Gasteiger partial charge in [-0.25, -0.2) is 0 Å². The first-order valence-electron chi connectivity index (χ1n) is 23.7. The molecule has 334 valence electrons. The Kier molecular flexibility index (Phi) is 10.3. The van der Waals surface area contributed by atoms with E-state index in [1.807, 2.05) is 12.4 Å². The summed E-state index contributed by atoms with van der Waals surface area (Å²) in [7, 11) is -3.78. The van der Waals surface area contributed by atoms with E-state index in [1.54, 1.807) is 0 Å². The molecular weight excluding hydrogens is 887 g/mol. The first-order valence-corrected chi connectivity index (χ1v) is 27.0. The second-order valence-corrected chi connectivity index (χ2v) is 23.8. The van der Waals surface area contributed by atoms with Crippen LogP contribution < -0.4 is 0 Å². The van der Waals surface area contributed by atoms with Gasteiger partial charge < -0.3 is 9.13 Å². The number of pyridine rings is 1. The van der Waals surface area contributed by atoms with Crippen molar-refractivity contribution in [3.63, 3.8) is 0 Å². The van der Waals surface area contributed by atoms with E-state index < -0.39 is 20.1 Å². The third-order valence-corrected chi connectivity index (χ3v) is 21.6. The van der Waals surface area contributed by atoms with Crippen LogP contribution in [0.2, 0.25) is 0 Å². The molecule has 3 heterocycles. The fourth-order valence-electron chi connectivity index (χ4n) is 10.9. The molecule has 0 radical (unpaired) electrons. The molecule has 0 bridgehead atoms. The number of nitrogens with zero attached hydrogens (tertiary/aromatic N) is 3. The fourth-order valence-corrected chi connectivity index (χ4v) is 18.7. The van der Waals surface area contributed by atoms with E-state index in [0.29, 0.717) is 0 Å². The summed E-state index contributed by atoms with van der Waals surface area (Å²) in [4.78, 5) is 15.4. The molecule has 0 aliphatic rings. The van der Waals surface area contributed by atoms with Crippen molar-refractivity contribution in [3.8, 4) is 11.4 Å². The molecule has 0 aliphatic heterocycles. The Hall–Kier alpha value is -8.35. The van der Waals surface area contributed by atoms with E-state index in [4.69, 9.17) is 4.98 Å². The van der Waals surface area contributed by atoms with Gasteiger partial charge in [-0.2, -0.15) is 0 Å². The smallest absolute Gasteiger partial charge is 0.0666 e. The molecule has 70 heavy (non-hydrogen) atoms. The SMILES string of the molecule is c1ccc(S(c2ccccc2)(c2ccccc2)c2ccc3c(c2)c2ccccc2n3-c2cncc(-n3c4ccccc4c4cc(S(c5ccccc5)(c5ccccc5)c5ccccc5)ccc43)c2)cc1. The predicted octanol–water partition coefficient (Wildman–Crippen LogP) is 18.0. The number of hydrogen-bond acceptors (Lipinski definition) is 1. The summed E-state index contributed by atoms with van der Waals surface area (Å²) in [5.74, 6) is 0. The highest BCUT2D eigenvalue weighted by Crippen LogP contribution is 2.75. The number of fused-ring (bicyclic) bond motifs is 6. The van der Waals surface area contributed by atoms with Gasteiger partial charge in [-0.05, 0) is 127 Å². The van der Waals surface area contributed by atoms with Gasteiger partial charge in [0, 0.05) is 60.7 Å². The number of aromatic nitrogens is 3. The Balaban J connectivity index is 1.01. The van der Waals surface area contributed by atoms with E-state index in [2.05, 4.69) is 282 Å². The number of para-hydroxylation sites is 2. The van der Waals surface area contributed by atoms with Gasteiger partial charge in [-0.15, -0.1) is 20.1 Å². The van der Waals surface area contributed by atoms with Gasteiger partial charge in [0.15, 0.2) is 0 Å². The molecule has 0 atom stereocenters. The molecule has 0 fully saturated rings.